The molecule has 0 fully saturated rings. The Kier molecular flexibility index (Phi) is 6.07. The number of urea groups is 1. The van der Waals surface area contributed by atoms with Gasteiger partial charge in [0.15, 0.2) is 5.75 Å². The number of hydrazone groups is 1. The number of hydrogen-bond acceptors (Lipinski definition) is 3. The molecule has 2 N–H and O–H groups in total. The van der Waals surface area contributed by atoms with Crippen molar-refractivity contribution >= 4 is 29.0 Å². The lowest BCUT2D eigenvalue weighted by atomic mass is 10.1. The summed E-state index contributed by atoms with van der Waals surface area (Å²) in [5.74, 6) is 1.22. The second-order valence-corrected chi connectivity index (χ2v) is 6.12. The van der Waals surface area contributed by atoms with Crippen LogP contribution in [0.5, 0.6) is 11.5 Å². The van der Waals surface area contributed by atoms with Crippen LogP contribution >= 0.6 is 11.6 Å². The lowest BCUT2D eigenvalue weighted by Gasteiger charge is -2.12. The molecule has 2 amide bonds. The van der Waals surface area contributed by atoms with Crippen LogP contribution in [0, 0.1) is 0 Å². The van der Waals surface area contributed by atoms with Gasteiger partial charge in [0.05, 0.1) is 11.4 Å². The van der Waals surface area contributed by atoms with Crippen molar-refractivity contribution < 1.29 is 9.53 Å². The molecule has 0 aliphatic carbocycles. The van der Waals surface area contributed by atoms with Crippen LogP contribution in [0.15, 0.2) is 84.0 Å². The highest BCUT2D eigenvalue weighted by atomic mass is 35.5. The molecule has 0 radical (unpaired) electrons. The Morgan fingerprint density at radius 2 is 1.70 bits per heavy atom. The van der Waals surface area contributed by atoms with Crippen molar-refractivity contribution in [1.29, 1.82) is 0 Å². The third-order valence-electron chi connectivity index (χ3n) is 3.67. The van der Waals surface area contributed by atoms with Crippen molar-refractivity contribution in [2.24, 2.45) is 5.10 Å². The van der Waals surface area contributed by atoms with Gasteiger partial charge < -0.3 is 10.1 Å². The highest BCUT2D eigenvalue weighted by Gasteiger charge is 2.08. The zero-order valence-electron chi connectivity index (χ0n) is 14.6. The maximum Gasteiger partial charge on any atom is 0.339 e. The second-order valence-electron chi connectivity index (χ2n) is 5.68. The SMILES string of the molecule is C/C(=N\NC(=O)Nc1ccccc1Oc1ccccc1)c1cccc(Cl)c1. The van der Waals surface area contributed by atoms with Crippen LogP contribution in [0.2, 0.25) is 5.02 Å². The monoisotopic (exact) mass is 379 g/mol. The van der Waals surface area contributed by atoms with E-state index in [0.717, 1.165) is 5.56 Å². The fraction of sp³-hybridized carbons (Fsp3) is 0.0476. The largest absolute Gasteiger partial charge is 0.455 e. The minimum Gasteiger partial charge on any atom is -0.455 e. The summed E-state index contributed by atoms with van der Waals surface area (Å²) in [6.07, 6.45) is 0. The summed E-state index contributed by atoms with van der Waals surface area (Å²) in [5, 5.41) is 7.45. The van der Waals surface area contributed by atoms with E-state index in [2.05, 4.69) is 15.8 Å². The molecule has 0 bridgehead atoms. The maximum absolute atomic E-state index is 12.2. The van der Waals surface area contributed by atoms with E-state index in [-0.39, 0.29) is 0 Å². The van der Waals surface area contributed by atoms with Crippen LogP contribution in [0.3, 0.4) is 0 Å². The minimum atomic E-state index is -0.472. The van der Waals surface area contributed by atoms with Crippen LogP contribution in [0.25, 0.3) is 0 Å². The molecule has 0 aliphatic heterocycles. The Morgan fingerprint density at radius 3 is 2.48 bits per heavy atom. The number of rotatable bonds is 5. The van der Waals surface area contributed by atoms with E-state index in [4.69, 9.17) is 16.3 Å². The third-order valence-corrected chi connectivity index (χ3v) is 3.91. The van der Waals surface area contributed by atoms with Crippen molar-refractivity contribution in [1.82, 2.24) is 5.43 Å². The van der Waals surface area contributed by atoms with E-state index < -0.39 is 6.03 Å². The summed E-state index contributed by atoms with van der Waals surface area (Å²) >= 11 is 5.97. The van der Waals surface area contributed by atoms with Crippen molar-refractivity contribution in [2.45, 2.75) is 6.92 Å². The Labute approximate surface area is 162 Å². The number of halogens is 1. The van der Waals surface area contributed by atoms with Crippen LogP contribution in [0.4, 0.5) is 10.5 Å². The maximum atomic E-state index is 12.2. The minimum absolute atomic E-state index is 0.472. The zero-order chi connectivity index (χ0) is 19.1. The van der Waals surface area contributed by atoms with Gasteiger partial charge in [-0.3, -0.25) is 0 Å². The number of benzene rings is 3. The first-order valence-electron chi connectivity index (χ1n) is 8.31. The molecule has 6 heteroatoms. The second kappa shape index (κ2) is 8.87. The van der Waals surface area contributed by atoms with E-state index >= 15 is 0 Å². The highest BCUT2D eigenvalue weighted by molar-refractivity contribution is 6.31. The average molecular weight is 380 g/mol. The molecule has 0 aromatic heterocycles. The molecule has 0 aliphatic rings. The summed E-state index contributed by atoms with van der Waals surface area (Å²) in [7, 11) is 0. The molecule has 0 spiro atoms. The van der Waals surface area contributed by atoms with Crippen molar-refractivity contribution in [3.8, 4) is 11.5 Å². The zero-order valence-corrected chi connectivity index (χ0v) is 15.4. The summed E-state index contributed by atoms with van der Waals surface area (Å²) in [4.78, 5) is 12.2. The van der Waals surface area contributed by atoms with Gasteiger partial charge in [0, 0.05) is 5.02 Å². The molecule has 0 heterocycles. The van der Waals surface area contributed by atoms with Gasteiger partial charge in [-0.25, -0.2) is 10.2 Å². The van der Waals surface area contributed by atoms with Gasteiger partial charge in [0.2, 0.25) is 0 Å². The fourth-order valence-electron chi connectivity index (χ4n) is 2.34. The lowest BCUT2D eigenvalue weighted by Crippen LogP contribution is -2.25. The summed E-state index contributed by atoms with van der Waals surface area (Å²) < 4.78 is 5.83. The Bertz CT molecular complexity index is 958. The summed E-state index contributed by atoms with van der Waals surface area (Å²) in [6, 6.07) is 23.3. The highest BCUT2D eigenvalue weighted by Crippen LogP contribution is 2.28. The normalized spacial score (nSPS) is 11.0. The van der Waals surface area contributed by atoms with Crippen molar-refractivity contribution in [2.75, 3.05) is 5.32 Å². The molecular weight excluding hydrogens is 362 g/mol. The van der Waals surface area contributed by atoms with Crippen molar-refractivity contribution in [3.05, 3.63) is 89.4 Å². The van der Waals surface area contributed by atoms with Gasteiger partial charge in [-0.1, -0.05) is 54.1 Å². The number of amides is 2. The molecule has 0 unspecified atom stereocenters. The van der Waals surface area contributed by atoms with Crippen LogP contribution in [-0.4, -0.2) is 11.7 Å². The first-order valence-corrected chi connectivity index (χ1v) is 8.69. The predicted molar refractivity (Wildman–Crippen MR) is 109 cm³/mol. The molecule has 3 aromatic carbocycles. The topological polar surface area (TPSA) is 62.7 Å². The van der Waals surface area contributed by atoms with E-state index in [0.29, 0.717) is 27.9 Å². The van der Waals surface area contributed by atoms with Gasteiger partial charge in [0.1, 0.15) is 5.75 Å². The fourth-order valence-corrected chi connectivity index (χ4v) is 2.53. The molecule has 0 atom stereocenters. The smallest absolute Gasteiger partial charge is 0.339 e. The van der Waals surface area contributed by atoms with E-state index in [9.17, 15) is 4.79 Å². The first-order chi connectivity index (χ1) is 13.1. The number of hydrogen-bond donors (Lipinski definition) is 2. The molecule has 0 saturated carbocycles. The number of carbonyl (C=O) groups excluding carboxylic acids is 1. The van der Waals surface area contributed by atoms with Gasteiger partial charge in [0.25, 0.3) is 0 Å². The number of carbonyl (C=O) groups is 1. The number of anilines is 1. The number of ether oxygens (including phenoxy) is 1. The summed E-state index contributed by atoms with van der Waals surface area (Å²) in [6.45, 7) is 1.79. The standard InChI is InChI=1S/C21H18ClN3O2/c1-15(16-8-7-9-17(22)14-16)24-25-21(26)23-19-12-5-6-13-20(19)27-18-10-3-2-4-11-18/h2-14H,1H3,(H2,23,25,26)/b24-15+. The number of para-hydroxylation sites is 3. The van der Waals surface area contributed by atoms with Crippen LogP contribution in [0.1, 0.15) is 12.5 Å². The van der Waals surface area contributed by atoms with Gasteiger partial charge in [-0.15, -0.1) is 0 Å². The summed E-state index contributed by atoms with van der Waals surface area (Å²) in [5.41, 5.74) is 4.49. The molecule has 3 rings (SSSR count). The lowest BCUT2D eigenvalue weighted by molar-refractivity contribution is 0.252. The number of nitrogens with zero attached hydrogens (tertiary/aromatic N) is 1. The predicted octanol–water partition coefficient (Wildman–Crippen LogP) is 5.68. The van der Waals surface area contributed by atoms with Gasteiger partial charge >= 0.3 is 6.03 Å². The van der Waals surface area contributed by atoms with E-state index in [1.54, 1.807) is 31.2 Å². The average Bonchev–Trinajstić information content (AvgIpc) is 2.68. The van der Waals surface area contributed by atoms with Crippen molar-refractivity contribution in [3.63, 3.8) is 0 Å². The molecule has 3 aromatic rings. The molecular formula is C21H18ClN3O2. The number of nitrogens with one attached hydrogen (secondary N) is 2. The van der Waals surface area contributed by atoms with Gasteiger partial charge in [-0.2, -0.15) is 5.10 Å². The third kappa shape index (κ3) is 5.33. The van der Waals surface area contributed by atoms with E-state index in [1.807, 2.05) is 54.6 Å². The molecule has 136 valence electrons. The molecule has 27 heavy (non-hydrogen) atoms. The Balaban J connectivity index is 1.67. The van der Waals surface area contributed by atoms with Crippen LogP contribution in [-0.2, 0) is 0 Å². The van der Waals surface area contributed by atoms with Gasteiger partial charge in [-0.05, 0) is 48.9 Å². The Hall–Kier alpha value is -3.31. The quantitative estimate of drug-likeness (QED) is 0.442. The molecule has 5 nitrogen and oxygen atoms in total. The van der Waals surface area contributed by atoms with Crippen LogP contribution < -0.4 is 15.5 Å². The van der Waals surface area contributed by atoms with E-state index in [1.165, 1.54) is 0 Å². The Morgan fingerprint density at radius 1 is 0.963 bits per heavy atom. The molecule has 0 saturated heterocycles. The first kappa shape index (κ1) is 18.5.